The zero-order chi connectivity index (χ0) is 21.7. The standard InChI is InChI=1S/C23H16ClN7O/c24-16-6-7-19-17(10-16)15(11-25-19)8-9-30-13-26-22-20(23(30)32)28-29-21-18(12-27-31(21)22)14-4-2-1-3-5-14/h1-7,10-13,25H,8-9H2. The van der Waals surface area contributed by atoms with Crippen LogP contribution in [0.25, 0.3) is 38.8 Å². The second-order valence-corrected chi connectivity index (χ2v) is 7.97. The Morgan fingerprint density at radius 3 is 2.78 bits per heavy atom. The predicted octanol–water partition coefficient (Wildman–Crippen LogP) is 3.88. The van der Waals surface area contributed by atoms with Crippen LogP contribution in [0.5, 0.6) is 0 Å². The Hall–Kier alpha value is -4.04. The molecule has 6 rings (SSSR count). The number of hydrogen-bond donors (Lipinski definition) is 1. The highest BCUT2D eigenvalue weighted by molar-refractivity contribution is 6.31. The lowest BCUT2D eigenvalue weighted by Gasteiger charge is -2.06. The molecule has 0 amide bonds. The third-order valence-corrected chi connectivity index (χ3v) is 5.86. The summed E-state index contributed by atoms with van der Waals surface area (Å²) >= 11 is 6.14. The van der Waals surface area contributed by atoms with Crippen molar-refractivity contribution in [2.24, 2.45) is 0 Å². The third-order valence-electron chi connectivity index (χ3n) is 5.62. The summed E-state index contributed by atoms with van der Waals surface area (Å²) in [6.07, 6.45) is 5.84. The lowest BCUT2D eigenvalue weighted by Crippen LogP contribution is -2.23. The fourth-order valence-corrected chi connectivity index (χ4v) is 4.15. The van der Waals surface area contributed by atoms with Crippen molar-refractivity contribution in [3.05, 3.63) is 88.2 Å². The van der Waals surface area contributed by atoms with Gasteiger partial charge in [-0.05, 0) is 35.7 Å². The van der Waals surface area contributed by atoms with Crippen LogP contribution in [0.3, 0.4) is 0 Å². The molecule has 0 unspecified atom stereocenters. The Kier molecular flexibility index (Phi) is 4.26. The van der Waals surface area contributed by atoms with Crippen LogP contribution in [-0.2, 0) is 13.0 Å². The van der Waals surface area contributed by atoms with E-state index in [1.807, 2.05) is 54.7 Å². The molecule has 0 aliphatic rings. The van der Waals surface area contributed by atoms with E-state index in [1.54, 1.807) is 15.3 Å². The molecule has 0 aliphatic carbocycles. The molecule has 32 heavy (non-hydrogen) atoms. The number of aromatic nitrogens is 7. The second kappa shape index (κ2) is 7.28. The van der Waals surface area contributed by atoms with Gasteiger partial charge in [-0.1, -0.05) is 41.9 Å². The number of fused-ring (bicyclic) bond motifs is 4. The highest BCUT2D eigenvalue weighted by Crippen LogP contribution is 2.24. The van der Waals surface area contributed by atoms with Gasteiger partial charge in [0.2, 0.25) is 0 Å². The van der Waals surface area contributed by atoms with E-state index >= 15 is 0 Å². The Labute approximate surface area is 186 Å². The Morgan fingerprint density at radius 1 is 1.03 bits per heavy atom. The first-order chi connectivity index (χ1) is 15.7. The highest BCUT2D eigenvalue weighted by Gasteiger charge is 2.15. The minimum absolute atomic E-state index is 0.185. The van der Waals surface area contributed by atoms with Crippen LogP contribution >= 0.6 is 11.6 Å². The summed E-state index contributed by atoms with van der Waals surface area (Å²) in [5.41, 5.74) is 4.78. The molecule has 9 heteroatoms. The fraction of sp³-hybridized carbons (Fsp3) is 0.0870. The molecule has 0 fully saturated rings. The summed E-state index contributed by atoms with van der Waals surface area (Å²) in [7, 11) is 0. The zero-order valence-electron chi connectivity index (χ0n) is 16.7. The monoisotopic (exact) mass is 441 g/mol. The smallest absolute Gasteiger partial charge is 0.283 e. The summed E-state index contributed by atoms with van der Waals surface area (Å²) in [5, 5.41) is 14.6. The Bertz CT molecular complexity index is 1670. The summed E-state index contributed by atoms with van der Waals surface area (Å²) in [6.45, 7) is 0.454. The normalized spacial score (nSPS) is 11.7. The molecule has 0 saturated heterocycles. The molecule has 1 N–H and O–H groups in total. The van der Waals surface area contributed by atoms with Crippen LogP contribution in [0, 0.1) is 0 Å². The molecule has 156 valence electrons. The summed E-state index contributed by atoms with van der Waals surface area (Å²) in [6, 6.07) is 15.5. The van der Waals surface area contributed by atoms with Crippen molar-refractivity contribution >= 4 is 39.3 Å². The second-order valence-electron chi connectivity index (χ2n) is 7.53. The number of hydrogen-bond acceptors (Lipinski definition) is 5. The number of rotatable bonds is 4. The van der Waals surface area contributed by atoms with Crippen LogP contribution < -0.4 is 5.56 Å². The van der Waals surface area contributed by atoms with E-state index in [0.29, 0.717) is 29.3 Å². The van der Waals surface area contributed by atoms with Gasteiger partial charge >= 0.3 is 0 Å². The van der Waals surface area contributed by atoms with E-state index in [-0.39, 0.29) is 11.1 Å². The minimum Gasteiger partial charge on any atom is -0.361 e. The first-order valence-electron chi connectivity index (χ1n) is 10.1. The molecule has 6 aromatic rings. The number of halogens is 1. The number of nitrogens with one attached hydrogen (secondary N) is 1. The van der Waals surface area contributed by atoms with Gasteiger partial charge in [0, 0.05) is 34.2 Å². The van der Waals surface area contributed by atoms with Gasteiger partial charge in [-0.3, -0.25) is 9.36 Å². The predicted molar refractivity (Wildman–Crippen MR) is 123 cm³/mol. The van der Waals surface area contributed by atoms with Crippen molar-refractivity contribution in [1.82, 2.24) is 34.3 Å². The van der Waals surface area contributed by atoms with Gasteiger partial charge in [0.15, 0.2) is 16.8 Å². The largest absolute Gasteiger partial charge is 0.361 e. The molecule has 0 bridgehead atoms. The Morgan fingerprint density at radius 2 is 1.91 bits per heavy atom. The van der Waals surface area contributed by atoms with E-state index in [1.165, 1.54) is 6.33 Å². The molecule has 0 saturated carbocycles. The third kappa shape index (κ3) is 2.96. The molecule has 0 radical (unpaired) electrons. The lowest BCUT2D eigenvalue weighted by molar-refractivity contribution is 0.659. The number of benzene rings is 2. The van der Waals surface area contributed by atoms with Gasteiger partial charge in [0.25, 0.3) is 5.56 Å². The molecular formula is C23H16ClN7O. The number of aromatic amines is 1. The Balaban J connectivity index is 1.37. The summed E-state index contributed by atoms with van der Waals surface area (Å²) < 4.78 is 3.12. The average Bonchev–Trinajstić information content (AvgIpc) is 3.43. The van der Waals surface area contributed by atoms with Crippen LogP contribution in [0.1, 0.15) is 5.56 Å². The van der Waals surface area contributed by atoms with E-state index in [2.05, 4.69) is 25.3 Å². The quantitative estimate of drug-likeness (QED) is 0.448. The highest BCUT2D eigenvalue weighted by atomic mass is 35.5. The lowest BCUT2D eigenvalue weighted by atomic mass is 10.1. The van der Waals surface area contributed by atoms with Crippen molar-refractivity contribution in [2.75, 3.05) is 0 Å². The van der Waals surface area contributed by atoms with Crippen LogP contribution in [0.15, 0.2) is 72.0 Å². The van der Waals surface area contributed by atoms with Crippen molar-refractivity contribution in [3.8, 4) is 11.1 Å². The molecule has 0 atom stereocenters. The van der Waals surface area contributed by atoms with Crippen LogP contribution in [0.4, 0.5) is 0 Å². The maximum atomic E-state index is 13.1. The zero-order valence-corrected chi connectivity index (χ0v) is 17.5. The van der Waals surface area contributed by atoms with Crippen molar-refractivity contribution in [3.63, 3.8) is 0 Å². The number of H-pyrrole nitrogens is 1. The molecule has 0 spiro atoms. The number of aryl methyl sites for hydroxylation is 2. The average molecular weight is 442 g/mol. The fourth-order valence-electron chi connectivity index (χ4n) is 3.98. The van der Waals surface area contributed by atoms with Crippen LogP contribution in [0.2, 0.25) is 5.02 Å². The van der Waals surface area contributed by atoms with Crippen molar-refractivity contribution in [1.29, 1.82) is 0 Å². The summed E-state index contributed by atoms with van der Waals surface area (Å²) in [4.78, 5) is 20.8. The minimum atomic E-state index is -0.251. The van der Waals surface area contributed by atoms with Gasteiger partial charge < -0.3 is 4.98 Å². The topological polar surface area (TPSA) is 93.8 Å². The first-order valence-corrected chi connectivity index (χ1v) is 10.5. The maximum Gasteiger partial charge on any atom is 0.283 e. The number of nitrogens with zero attached hydrogens (tertiary/aromatic N) is 6. The van der Waals surface area contributed by atoms with E-state index in [4.69, 9.17) is 11.6 Å². The molecule has 8 nitrogen and oxygen atoms in total. The maximum absolute atomic E-state index is 13.1. The van der Waals surface area contributed by atoms with E-state index in [0.717, 1.165) is 27.6 Å². The van der Waals surface area contributed by atoms with Gasteiger partial charge in [-0.2, -0.15) is 9.61 Å². The van der Waals surface area contributed by atoms with Gasteiger partial charge in [-0.15, -0.1) is 10.2 Å². The van der Waals surface area contributed by atoms with E-state index < -0.39 is 0 Å². The van der Waals surface area contributed by atoms with E-state index in [9.17, 15) is 4.79 Å². The van der Waals surface area contributed by atoms with Crippen LogP contribution in [-0.4, -0.2) is 34.3 Å². The van der Waals surface area contributed by atoms with Gasteiger partial charge in [0.05, 0.1) is 6.20 Å². The van der Waals surface area contributed by atoms with Crippen molar-refractivity contribution < 1.29 is 0 Å². The molecule has 4 heterocycles. The van der Waals surface area contributed by atoms with Crippen molar-refractivity contribution in [2.45, 2.75) is 13.0 Å². The van der Waals surface area contributed by atoms with Gasteiger partial charge in [0.1, 0.15) is 6.33 Å². The molecule has 0 aliphatic heterocycles. The first kappa shape index (κ1) is 18.7. The molecular weight excluding hydrogens is 426 g/mol. The molecule has 4 aromatic heterocycles. The summed E-state index contributed by atoms with van der Waals surface area (Å²) in [5.74, 6) is 0. The molecule has 2 aromatic carbocycles. The van der Waals surface area contributed by atoms with Gasteiger partial charge in [-0.25, -0.2) is 4.98 Å². The SMILES string of the molecule is O=c1c2nnc3c(-c4ccccc4)cnn3c2ncn1CCc1c[nH]c2ccc(Cl)cc12.